The van der Waals surface area contributed by atoms with Gasteiger partial charge < -0.3 is 24.4 Å². The number of ether oxygens (including phenoxy) is 3. The van der Waals surface area contributed by atoms with Gasteiger partial charge in [0.1, 0.15) is 12.4 Å². The number of nitrogens with zero attached hydrogens (tertiary/aromatic N) is 2. The number of amides is 2. The Balaban J connectivity index is 1.63. The van der Waals surface area contributed by atoms with Gasteiger partial charge in [-0.25, -0.2) is 4.79 Å². The molecule has 9 nitrogen and oxygen atoms in total. The van der Waals surface area contributed by atoms with Gasteiger partial charge in [-0.05, 0) is 66.4 Å². The molecular formula is C26H27N3O6. The number of non-ortho nitro benzene ring substituents is 1. The first-order valence-corrected chi connectivity index (χ1v) is 11.2. The number of methoxy groups -OCH3 is 2. The zero-order chi connectivity index (χ0) is 24.9. The largest absolute Gasteiger partial charge is 0.493 e. The number of nitro groups is 1. The molecule has 0 spiro atoms. The van der Waals surface area contributed by atoms with Crippen molar-refractivity contribution in [2.45, 2.75) is 19.4 Å². The first kappa shape index (κ1) is 23.9. The van der Waals surface area contributed by atoms with Gasteiger partial charge in [0.15, 0.2) is 11.5 Å². The molecule has 1 atom stereocenters. The Morgan fingerprint density at radius 2 is 1.80 bits per heavy atom. The fraction of sp³-hybridized carbons (Fsp3) is 0.269. The first-order chi connectivity index (χ1) is 16.9. The van der Waals surface area contributed by atoms with E-state index in [1.807, 2.05) is 43.3 Å². The van der Waals surface area contributed by atoms with Crippen LogP contribution >= 0.6 is 0 Å². The van der Waals surface area contributed by atoms with Crippen LogP contribution in [0.4, 0.5) is 16.2 Å². The molecule has 1 unspecified atom stereocenters. The summed E-state index contributed by atoms with van der Waals surface area (Å²) in [6.45, 7) is 2.60. The normalized spacial score (nSPS) is 14.6. The van der Waals surface area contributed by atoms with E-state index in [1.54, 1.807) is 31.3 Å². The number of nitrogens with one attached hydrogen (secondary N) is 1. The van der Waals surface area contributed by atoms with Crippen molar-refractivity contribution in [1.82, 2.24) is 4.90 Å². The molecule has 1 heterocycles. The summed E-state index contributed by atoms with van der Waals surface area (Å²) in [4.78, 5) is 25.6. The number of benzene rings is 3. The van der Waals surface area contributed by atoms with Gasteiger partial charge in [0, 0.05) is 24.4 Å². The van der Waals surface area contributed by atoms with Gasteiger partial charge in [-0.15, -0.1) is 0 Å². The highest BCUT2D eigenvalue weighted by Gasteiger charge is 2.33. The van der Waals surface area contributed by atoms with E-state index in [-0.39, 0.29) is 18.3 Å². The number of aryl methyl sites for hydroxylation is 1. The van der Waals surface area contributed by atoms with Crippen LogP contribution in [0.5, 0.6) is 17.2 Å². The maximum atomic E-state index is 13.3. The third-order valence-corrected chi connectivity index (χ3v) is 5.99. The van der Waals surface area contributed by atoms with Crippen LogP contribution in [0.25, 0.3) is 0 Å². The van der Waals surface area contributed by atoms with Crippen molar-refractivity contribution in [3.05, 3.63) is 87.5 Å². The fourth-order valence-corrected chi connectivity index (χ4v) is 4.21. The Labute approximate surface area is 203 Å². The fourth-order valence-electron chi connectivity index (χ4n) is 4.21. The molecule has 2 amide bonds. The van der Waals surface area contributed by atoms with Crippen molar-refractivity contribution in [3.63, 3.8) is 0 Å². The Morgan fingerprint density at radius 3 is 2.46 bits per heavy atom. The summed E-state index contributed by atoms with van der Waals surface area (Å²) in [6.07, 6.45) is 0.644. The van der Waals surface area contributed by atoms with Gasteiger partial charge in [-0.1, -0.05) is 12.1 Å². The number of fused-ring (bicyclic) bond motifs is 1. The molecule has 0 bridgehead atoms. The summed E-state index contributed by atoms with van der Waals surface area (Å²) in [5, 5.41) is 13.9. The second kappa shape index (κ2) is 10.3. The average Bonchev–Trinajstić information content (AvgIpc) is 2.86. The van der Waals surface area contributed by atoms with Crippen LogP contribution in [-0.4, -0.2) is 43.2 Å². The van der Waals surface area contributed by atoms with Crippen LogP contribution in [0, 0.1) is 17.0 Å². The quantitative estimate of drug-likeness (QED) is 0.374. The number of nitro benzene ring substituents is 1. The third kappa shape index (κ3) is 5.29. The Kier molecular flexibility index (Phi) is 7.05. The van der Waals surface area contributed by atoms with Crippen molar-refractivity contribution in [2.75, 3.05) is 32.7 Å². The molecule has 0 saturated heterocycles. The van der Waals surface area contributed by atoms with Crippen molar-refractivity contribution >= 4 is 17.4 Å². The number of hydrogen-bond donors (Lipinski definition) is 1. The van der Waals surface area contributed by atoms with Crippen LogP contribution in [0.15, 0.2) is 60.7 Å². The number of urea groups is 1. The molecule has 1 aliphatic rings. The van der Waals surface area contributed by atoms with Crippen LogP contribution < -0.4 is 19.5 Å². The molecule has 4 rings (SSSR count). The summed E-state index contributed by atoms with van der Waals surface area (Å²) < 4.78 is 17.0. The Bertz CT molecular complexity index is 1230. The SMILES string of the molecule is COc1cc2c(cc1OC)C(COc1ccc([N+](=O)[O-])cc1)N(C(=O)Nc1cccc(C)c1)CC2. The maximum absolute atomic E-state index is 13.3. The third-order valence-electron chi connectivity index (χ3n) is 5.99. The maximum Gasteiger partial charge on any atom is 0.322 e. The lowest BCUT2D eigenvalue weighted by atomic mass is 9.92. The molecule has 0 aromatic heterocycles. The lowest BCUT2D eigenvalue weighted by Gasteiger charge is -2.37. The summed E-state index contributed by atoms with van der Waals surface area (Å²) in [5.41, 5.74) is 3.68. The van der Waals surface area contributed by atoms with Crippen molar-refractivity contribution < 1.29 is 23.9 Å². The van der Waals surface area contributed by atoms with Crippen molar-refractivity contribution in [3.8, 4) is 17.2 Å². The van der Waals surface area contributed by atoms with Crippen LogP contribution in [-0.2, 0) is 6.42 Å². The molecule has 1 N–H and O–H groups in total. The minimum absolute atomic E-state index is 0.0173. The zero-order valence-corrected chi connectivity index (χ0v) is 19.8. The zero-order valence-electron chi connectivity index (χ0n) is 19.8. The number of anilines is 1. The van der Waals surface area contributed by atoms with E-state index in [9.17, 15) is 14.9 Å². The Hall–Kier alpha value is -4.27. The molecule has 3 aromatic rings. The predicted molar refractivity (Wildman–Crippen MR) is 131 cm³/mol. The second-order valence-corrected chi connectivity index (χ2v) is 8.23. The monoisotopic (exact) mass is 477 g/mol. The predicted octanol–water partition coefficient (Wildman–Crippen LogP) is 5.13. The van der Waals surface area contributed by atoms with Gasteiger partial charge in [0.2, 0.25) is 0 Å². The van der Waals surface area contributed by atoms with Gasteiger partial charge in [-0.2, -0.15) is 0 Å². The van der Waals surface area contributed by atoms with Gasteiger partial charge in [0.25, 0.3) is 5.69 Å². The van der Waals surface area contributed by atoms with E-state index in [0.717, 1.165) is 16.7 Å². The van der Waals surface area contributed by atoms with E-state index >= 15 is 0 Å². The second-order valence-electron chi connectivity index (χ2n) is 8.23. The molecule has 0 aliphatic carbocycles. The van der Waals surface area contributed by atoms with Crippen molar-refractivity contribution in [2.24, 2.45) is 0 Å². The molecule has 3 aromatic carbocycles. The lowest BCUT2D eigenvalue weighted by Crippen LogP contribution is -2.44. The van der Waals surface area contributed by atoms with Crippen molar-refractivity contribution in [1.29, 1.82) is 0 Å². The highest BCUT2D eigenvalue weighted by atomic mass is 16.6. The molecule has 0 saturated carbocycles. The van der Waals surface area contributed by atoms with Gasteiger partial charge in [0.05, 0.1) is 25.2 Å². The number of hydrogen-bond acceptors (Lipinski definition) is 6. The van der Waals surface area contributed by atoms with E-state index in [4.69, 9.17) is 14.2 Å². The Morgan fingerprint density at radius 1 is 1.09 bits per heavy atom. The van der Waals surface area contributed by atoms with Crippen LogP contribution in [0.1, 0.15) is 22.7 Å². The summed E-state index contributed by atoms with van der Waals surface area (Å²) in [7, 11) is 3.15. The molecule has 1 aliphatic heterocycles. The van der Waals surface area contributed by atoms with Crippen LogP contribution in [0.3, 0.4) is 0 Å². The summed E-state index contributed by atoms with van der Waals surface area (Å²) >= 11 is 0. The highest BCUT2D eigenvalue weighted by Crippen LogP contribution is 2.38. The number of rotatable bonds is 7. The molecular weight excluding hydrogens is 450 g/mol. The lowest BCUT2D eigenvalue weighted by molar-refractivity contribution is -0.384. The molecule has 0 radical (unpaired) electrons. The number of carbonyl (C=O) groups excluding carboxylic acids is 1. The summed E-state index contributed by atoms with van der Waals surface area (Å²) in [6, 6.07) is 16.6. The minimum Gasteiger partial charge on any atom is -0.493 e. The first-order valence-electron chi connectivity index (χ1n) is 11.2. The van der Waals surface area contributed by atoms with E-state index < -0.39 is 11.0 Å². The smallest absolute Gasteiger partial charge is 0.322 e. The highest BCUT2D eigenvalue weighted by molar-refractivity contribution is 5.90. The van der Waals surface area contributed by atoms with E-state index in [2.05, 4.69) is 5.32 Å². The minimum atomic E-state index is -0.460. The van der Waals surface area contributed by atoms with E-state index in [1.165, 1.54) is 12.1 Å². The van der Waals surface area contributed by atoms with Crippen LogP contribution in [0.2, 0.25) is 0 Å². The molecule has 182 valence electrons. The molecule has 9 heteroatoms. The average molecular weight is 478 g/mol. The van der Waals surface area contributed by atoms with E-state index in [0.29, 0.717) is 35.9 Å². The number of carbonyl (C=O) groups is 1. The molecule has 0 fully saturated rings. The molecule has 35 heavy (non-hydrogen) atoms. The topological polar surface area (TPSA) is 103 Å². The van der Waals surface area contributed by atoms with Gasteiger partial charge >= 0.3 is 6.03 Å². The summed E-state index contributed by atoms with van der Waals surface area (Å²) in [5.74, 6) is 1.66. The standard InChI is InChI=1S/C26H27N3O6/c1-17-5-4-6-19(13-17)27-26(30)28-12-11-18-14-24(33-2)25(34-3)15-22(18)23(28)16-35-21-9-7-20(8-10-21)29(31)32/h4-10,13-15,23H,11-12,16H2,1-3H3,(H,27,30). The van der Waals surface area contributed by atoms with Gasteiger partial charge in [-0.3, -0.25) is 10.1 Å².